The van der Waals surface area contributed by atoms with E-state index in [0.717, 1.165) is 5.56 Å². The highest BCUT2D eigenvalue weighted by molar-refractivity contribution is 7.99. The van der Waals surface area contributed by atoms with E-state index in [9.17, 15) is 14.9 Å². The second-order valence-corrected chi connectivity index (χ2v) is 11.8. The fourth-order valence-electron chi connectivity index (χ4n) is 5.15. The van der Waals surface area contributed by atoms with Gasteiger partial charge in [-0.1, -0.05) is 41.6 Å². The summed E-state index contributed by atoms with van der Waals surface area (Å²) < 4.78 is 40.0. The van der Waals surface area contributed by atoms with Crippen molar-refractivity contribution in [2.24, 2.45) is 0 Å². The molecule has 0 bridgehead atoms. The van der Waals surface area contributed by atoms with Crippen molar-refractivity contribution in [3.8, 4) is 63.1 Å². The van der Waals surface area contributed by atoms with E-state index in [4.69, 9.17) is 32.8 Å². The average Bonchev–Trinajstić information content (AvgIpc) is 3.12. The zero-order valence-electron chi connectivity index (χ0n) is 27.9. The Morgan fingerprint density at radius 2 is 1.53 bits per heavy atom. The van der Waals surface area contributed by atoms with Crippen molar-refractivity contribution in [2.45, 2.75) is 24.9 Å². The molecule has 0 spiro atoms. The molecule has 5 aromatic rings. The number of nitrogens with one attached hydrogen (secondary N) is 1. The molecule has 5 rings (SSSR count). The molecule has 13 heteroatoms. The van der Waals surface area contributed by atoms with Crippen LogP contribution < -0.4 is 39.4 Å². The number of aromatic nitrogens is 2. The predicted molar refractivity (Wildman–Crippen MR) is 186 cm³/mol. The van der Waals surface area contributed by atoms with Crippen molar-refractivity contribution >= 4 is 22.7 Å². The summed E-state index contributed by atoms with van der Waals surface area (Å²) >= 11 is 1.36. The summed E-state index contributed by atoms with van der Waals surface area (Å²) in [6, 6.07) is 16.0. The topological polar surface area (TPSA) is 155 Å². The van der Waals surface area contributed by atoms with Crippen molar-refractivity contribution in [2.75, 3.05) is 47.9 Å². The Bertz CT molecular complexity index is 2110. The first-order valence-electron chi connectivity index (χ1n) is 15.2. The van der Waals surface area contributed by atoms with Gasteiger partial charge in [-0.05, 0) is 31.9 Å². The van der Waals surface area contributed by atoms with Crippen molar-refractivity contribution in [1.82, 2.24) is 9.97 Å². The van der Waals surface area contributed by atoms with Crippen LogP contribution in [0.5, 0.6) is 34.5 Å². The zero-order valence-corrected chi connectivity index (χ0v) is 28.7. The highest BCUT2D eigenvalue weighted by atomic mass is 32.2. The summed E-state index contributed by atoms with van der Waals surface area (Å²) in [5.41, 5.74) is 1.83. The fraction of sp³-hybridized carbons (Fsp3) is 0.278. The van der Waals surface area contributed by atoms with Crippen molar-refractivity contribution in [3.05, 3.63) is 80.2 Å². The van der Waals surface area contributed by atoms with Gasteiger partial charge in [-0.15, -0.1) is 0 Å². The molecule has 0 saturated carbocycles. The summed E-state index contributed by atoms with van der Waals surface area (Å²) in [5, 5.41) is 10.2. The minimum atomic E-state index is -0.491. The number of aromatic amines is 1. The van der Waals surface area contributed by atoms with Crippen LogP contribution in [0.3, 0.4) is 0 Å². The molecule has 0 aliphatic carbocycles. The van der Waals surface area contributed by atoms with Crippen molar-refractivity contribution in [3.63, 3.8) is 0 Å². The van der Waals surface area contributed by atoms with Crippen LogP contribution in [0.4, 0.5) is 0 Å². The third-order valence-corrected chi connectivity index (χ3v) is 8.59. The predicted octanol–water partition coefficient (Wildman–Crippen LogP) is 6.38. The monoisotopic (exact) mass is 685 g/mol. The summed E-state index contributed by atoms with van der Waals surface area (Å²) in [5.74, 6) is 2.56. The summed E-state index contributed by atoms with van der Waals surface area (Å²) in [6.07, 6.45) is 1.22. The first-order chi connectivity index (χ1) is 23.8. The maximum atomic E-state index is 14.0. The number of unbranched alkanes of at least 4 members (excludes halogenated alkanes) is 1. The molecule has 254 valence electrons. The standard InChI is InChI=1S/C36H35N3O9S/c1-20-9-11-21(12-10-20)30-24(19-37)35(41)39-36(38-30)49-14-8-7-13-47-34-31(40)29-25(43-3)17-23(42-2)18-26(29)48-32(34)22-15-27(44-4)33(46-6)28(16-22)45-5/h9-12,15-18H,7-8,13-14H2,1-6H3,(H,38,39,41). The molecule has 0 fully saturated rings. The van der Waals surface area contributed by atoms with Gasteiger partial charge in [-0.3, -0.25) is 9.59 Å². The Morgan fingerprint density at radius 3 is 2.14 bits per heavy atom. The van der Waals surface area contributed by atoms with Gasteiger partial charge in [-0.25, -0.2) is 4.98 Å². The van der Waals surface area contributed by atoms with Crippen LogP contribution in [0.15, 0.2) is 67.7 Å². The van der Waals surface area contributed by atoms with Gasteiger partial charge in [-0.2, -0.15) is 5.26 Å². The first-order valence-corrected chi connectivity index (χ1v) is 16.2. The summed E-state index contributed by atoms with van der Waals surface area (Å²) in [4.78, 5) is 34.0. The first kappa shape index (κ1) is 34.7. The van der Waals surface area contributed by atoms with Crippen LogP contribution in [-0.4, -0.2) is 57.9 Å². The van der Waals surface area contributed by atoms with Gasteiger partial charge >= 0.3 is 0 Å². The van der Waals surface area contributed by atoms with E-state index in [-0.39, 0.29) is 40.4 Å². The molecule has 0 unspecified atom stereocenters. The number of thioether (sulfide) groups is 1. The molecule has 49 heavy (non-hydrogen) atoms. The molecule has 3 aromatic carbocycles. The number of hydrogen-bond acceptors (Lipinski definition) is 12. The smallest absolute Gasteiger partial charge is 0.270 e. The molecule has 0 aliphatic heterocycles. The normalized spacial score (nSPS) is 10.8. The Kier molecular flexibility index (Phi) is 11.0. The van der Waals surface area contributed by atoms with Gasteiger partial charge < -0.3 is 37.8 Å². The summed E-state index contributed by atoms with van der Waals surface area (Å²) in [6.45, 7) is 2.14. The molecule has 2 aromatic heterocycles. The molecule has 0 atom stereocenters. The Labute approximate surface area is 286 Å². The molecule has 1 N–H and O–H groups in total. The number of fused-ring (bicyclic) bond motifs is 1. The maximum Gasteiger partial charge on any atom is 0.270 e. The Hall–Kier alpha value is -5.61. The zero-order chi connectivity index (χ0) is 35.1. The average molecular weight is 686 g/mol. The molecule has 0 amide bonds. The van der Waals surface area contributed by atoms with Crippen molar-refractivity contribution in [1.29, 1.82) is 5.26 Å². The minimum absolute atomic E-state index is 0.0151. The molecule has 2 heterocycles. The van der Waals surface area contributed by atoms with E-state index in [1.807, 2.05) is 37.3 Å². The minimum Gasteiger partial charge on any atom is -0.496 e. The van der Waals surface area contributed by atoms with E-state index in [2.05, 4.69) is 9.97 Å². The largest absolute Gasteiger partial charge is 0.496 e. The lowest BCUT2D eigenvalue weighted by Gasteiger charge is -2.17. The maximum absolute atomic E-state index is 14.0. The number of H-pyrrole nitrogens is 1. The van der Waals surface area contributed by atoms with Crippen LogP contribution >= 0.6 is 11.8 Å². The van der Waals surface area contributed by atoms with E-state index >= 15 is 0 Å². The number of ether oxygens (including phenoxy) is 6. The number of nitrogens with zero attached hydrogens (tertiary/aromatic N) is 2. The highest BCUT2D eigenvalue weighted by Crippen LogP contribution is 2.44. The third-order valence-electron chi connectivity index (χ3n) is 7.63. The van der Waals surface area contributed by atoms with E-state index in [1.54, 1.807) is 24.3 Å². The second kappa shape index (κ2) is 15.5. The number of methoxy groups -OCH3 is 5. The van der Waals surface area contributed by atoms with Gasteiger partial charge in [0.05, 0.1) is 47.8 Å². The van der Waals surface area contributed by atoms with Gasteiger partial charge in [0.15, 0.2) is 22.4 Å². The van der Waals surface area contributed by atoms with Gasteiger partial charge in [0.1, 0.15) is 34.1 Å². The molecule has 0 radical (unpaired) electrons. The Morgan fingerprint density at radius 1 is 0.837 bits per heavy atom. The van der Waals surface area contributed by atoms with Crippen LogP contribution in [0.1, 0.15) is 24.0 Å². The van der Waals surface area contributed by atoms with Crippen LogP contribution in [0.25, 0.3) is 33.6 Å². The molecular formula is C36H35N3O9S. The second-order valence-electron chi connectivity index (χ2n) is 10.7. The van der Waals surface area contributed by atoms with E-state index in [0.29, 0.717) is 63.6 Å². The highest BCUT2D eigenvalue weighted by Gasteiger charge is 2.24. The lowest BCUT2D eigenvalue weighted by molar-refractivity contribution is 0.301. The quantitative estimate of drug-likeness (QED) is 0.0783. The lowest BCUT2D eigenvalue weighted by Crippen LogP contribution is -2.15. The number of hydrogen-bond donors (Lipinski definition) is 1. The molecule has 12 nitrogen and oxygen atoms in total. The third kappa shape index (κ3) is 7.29. The number of aryl methyl sites for hydroxylation is 1. The molecule has 0 aliphatic rings. The van der Waals surface area contributed by atoms with Crippen LogP contribution in [0.2, 0.25) is 0 Å². The van der Waals surface area contributed by atoms with Gasteiger partial charge in [0, 0.05) is 29.0 Å². The van der Waals surface area contributed by atoms with Crippen LogP contribution in [-0.2, 0) is 0 Å². The lowest BCUT2D eigenvalue weighted by atomic mass is 10.1. The number of rotatable bonds is 14. The summed E-state index contributed by atoms with van der Waals surface area (Å²) in [7, 11) is 7.45. The van der Waals surface area contributed by atoms with E-state index in [1.165, 1.54) is 47.3 Å². The number of benzene rings is 3. The number of nitriles is 1. The molecule has 0 saturated heterocycles. The Balaban J connectivity index is 1.40. The fourth-order valence-corrected chi connectivity index (χ4v) is 6.01. The van der Waals surface area contributed by atoms with Crippen LogP contribution in [0, 0.1) is 18.3 Å². The van der Waals surface area contributed by atoms with Crippen molar-refractivity contribution < 1.29 is 32.8 Å². The van der Waals surface area contributed by atoms with Gasteiger partial charge in [0.2, 0.25) is 16.9 Å². The van der Waals surface area contributed by atoms with Gasteiger partial charge in [0.25, 0.3) is 5.56 Å². The van der Waals surface area contributed by atoms with E-state index < -0.39 is 11.0 Å². The SMILES string of the molecule is COc1cc(OC)c2c(=O)c(OCCCCSc3nc(-c4ccc(C)cc4)c(C#N)c(=O)[nH]3)c(-c3cc(OC)c(OC)c(OC)c3)oc2c1. The molecular weight excluding hydrogens is 650 g/mol.